The quantitative estimate of drug-likeness (QED) is 0.148. The Morgan fingerprint density at radius 2 is 1.78 bits per heavy atom. The highest BCUT2D eigenvalue weighted by molar-refractivity contribution is 5.78. The average Bonchev–Trinajstić information content (AvgIpc) is 3.59. The van der Waals surface area contributed by atoms with Gasteiger partial charge in [0, 0.05) is 38.0 Å². The van der Waals surface area contributed by atoms with Crippen molar-refractivity contribution in [2.75, 3.05) is 13.2 Å². The van der Waals surface area contributed by atoms with Gasteiger partial charge in [-0.3, -0.25) is 0 Å². The summed E-state index contributed by atoms with van der Waals surface area (Å²) in [5.74, 6) is -3.12. The topological polar surface area (TPSA) is 172 Å². The molecule has 7 aliphatic heterocycles. The lowest BCUT2D eigenvalue weighted by Crippen LogP contribution is -2.60. The highest BCUT2D eigenvalue weighted by Crippen LogP contribution is 2.47. The first-order chi connectivity index (χ1) is 28.0. The summed E-state index contributed by atoms with van der Waals surface area (Å²) in [6.45, 7) is 16.6. The lowest BCUT2D eigenvalue weighted by molar-refractivity contribution is -0.321. The van der Waals surface area contributed by atoms with Crippen molar-refractivity contribution in [1.29, 1.82) is 0 Å². The van der Waals surface area contributed by atoms with E-state index in [1.54, 1.807) is 6.92 Å². The summed E-state index contributed by atoms with van der Waals surface area (Å²) >= 11 is 0. The van der Waals surface area contributed by atoms with E-state index in [1.165, 1.54) is 6.92 Å². The summed E-state index contributed by atoms with van der Waals surface area (Å²) in [5.41, 5.74) is -0.283. The van der Waals surface area contributed by atoms with Crippen LogP contribution in [0.3, 0.4) is 0 Å². The highest BCUT2D eigenvalue weighted by atomic mass is 16.7. The molecule has 0 aromatic heterocycles. The number of ether oxygens (including phenoxy) is 8. The fraction of sp³-hybridized carbons (Fsp3) is 0.848. The molecule has 59 heavy (non-hydrogen) atoms. The Morgan fingerprint density at radius 3 is 2.53 bits per heavy atom. The van der Waals surface area contributed by atoms with E-state index in [-0.39, 0.29) is 43.2 Å². The molecule has 17 atom stereocenters. The largest absolute Gasteiger partial charge is 0.464 e. The van der Waals surface area contributed by atoms with Crippen molar-refractivity contribution in [1.82, 2.24) is 0 Å². The summed E-state index contributed by atoms with van der Waals surface area (Å²) < 4.78 is 50.6. The number of aliphatic hydroxyl groups is 4. The summed E-state index contributed by atoms with van der Waals surface area (Å²) in [5, 5.41) is 45.2. The molecule has 6 saturated heterocycles. The van der Waals surface area contributed by atoms with Crippen LogP contribution in [-0.2, 0) is 42.7 Å². The van der Waals surface area contributed by atoms with Crippen molar-refractivity contribution >= 4 is 5.97 Å². The van der Waals surface area contributed by atoms with Crippen LogP contribution in [0.2, 0.25) is 0 Å². The van der Waals surface area contributed by atoms with Crippen LogP contribution < -0.4 is 0 Å². The van der Waals surface area contributed by atoms with Crippen molar-refractivity contribution in [2.24, 2.45) is 17.8 Å². The third-order valence-corrected chi connectivity index (χ3v) is 14.3. The predicted octanol–water partition coefficient (Wildman–Crippen LogP) is 5.69. The first kappa shape index (κ1) is 45.3. The second kappa shape index (κ2) is 18.2. The molecule has 0 saturated carbocycles. The molecule has 3 spiro atoms. The average molecular weight is 833 g/mol. The zero-order chi connectivity index (χ0) is 42.3. The molecule has 7 aliphatic rings. The number of fused-ring (bicyclic) bond motifs is 1. The maximum absolute atomic E-state index is 12.4. The van der Waals surface area contributed by atoms with E-state index >= 15 is 0 Å². The summed E-state index contributed by atoms with van der Waals surface area (Å²) in [6, 6.07) is 0. The molecular weight excluding hydrogens is 760 g/mol. The van der Waals surface area contributed by atoms with E-state index < -0.39 is 71.7 Å². The normalized spacial score (nSPS) is 44.2. The Hall–Kier alpha value is -1.75. The van der Waals surface area contributed by atoms with Gasteiger partial charge in [-0.05, 0) is 102 Å². The van der Waals surface area contributed by atoms with Gasteiger partial charge in [0.05, 0.1) is 49.8 Å². The van der Waals surface area contributed by atoms with Crippen LogP contribution in [0.4, 0.5) is 0 Å². The van der Waals surface area contributed by atoms with Gasteiger partial charge in [-0.1, -0.05) is 45.1 Å². The van der Waals surface area contributed by atoms with E-state index in [0.717, 1.165) is 50.7 Å². The third-order valence-electron chi connectivity index (χ3n) is 14.3. The lowest BCUT2D eigenvalue weighted by atomic mass is 9.79. The van der Waals surface area contributed by atoms with Crippen LogP contribution >= 0.6 is 0 Å². The van der Waals surface area contributed by atoms with Crippen molar-refractivity contribution in [3.63, 3.8) is 0 Å². The molecule has 13 heteroatoms. The Morgan fingerprint density at radius 1 is 1.02 bits per heavy atom. The van der Waals surface area contributed by atoms with E-state index in [9.17, 15) is 25.2 Å². The third kappa shape index (κ3) is 9.76. The second-order valence-corrected chi connectivity index (χ2v) is 19.3. The molecule has 0 bridgehead atoms. The molecule has 7 heterocycles. The van der Waals surface area contributed by atoms with Crippen LogP contribution in [-0.4, -0.2) is 124 Å². The van der Waals surface area contributed by atoms with Crippen molar-refractivity contribution < 1.29 is 63.1 Å². The standard InChI is InChI=1S/C46H72O13/c1-8-52-42(50)43(7,51)26-33-13-14-37(48)46(56-33)25-27(2)23-36(57-46)28(3)11-12-32-16-20-45(55-32)21-17-35-41(59-45)38(49)31(6)40(54-35)34(47)24-30(5)39-29(4)15-19-44(58-39)18-9-10-22-53-44/h11-12,25,28-30,32-41,47-49,51H,6,8-10,13-24,26H2,1-5,7H3/t28-,29-,30+,32+,33+,34+,35-,36+,37-,38-,39+,40+,41-,43-,44+,45-,46-/m1/s1. The minimum absolute atomic E-state index is 0.0206. The van der Waals surface area contributed by atoms with Crippen LogP contribution in [0.1, 0.15) is 131 Å². The van der Waals surface area contributed by atoms with Gasteiger partial charge < -0.3 is 58.3 Å². The van der Waals surface area contributed by atoms with Crippen LogP contribution in [0.5, 0.6) is 0 Å². The minimum atomic E-state index is -1.73. The van der Waals surface area contributed by atoms with Gasteiger partial charge in [-0.15, -0.1) is 0 Å². The smallest absolute Gasteiger partial charge is 0.337 e. The molecule has 0 aliphatic carbocycles. The van der Waals surface area contributed by atoms with Crippen molar-refractivity contribution in [2.45, 2.75) is 215 Å². The molecule has 0 amide bonds. The van der Waals surface area contributed by atoms with Gasteiger partial charge in [0.2, 0.25) is 5.79 Å². The van der Waals surface area contributed by atoms with Crippen LogP contribution in [0.15, 0.2) is 36.0 Å². The van der Waals surface area contributed by atoms with E-state index in [1.807, 2.05) is 13.0 Å². The van der Waals surface area contributed by atoms with Gasteiger partial charge in [0.1, 0.15) is 24.4 Å². The Labute approximate surface area is 350 Å². The molecule has 0 aromatic carbocycles. The van der Waals surface area contributed by atoms with Crippen molar-refractivity contribution in [3.05, 3.63) is 36.0 Å². The van der Waals surface area contributed by atoms with E-state index in [0.29, 0.717) is 56.4 Å². The molecule has 13 nitrogen and oxygen atoms in total. The highest BCUT2D eigenvalue weighted by Gasteiger charge is 2.55. The maximum atomic E-state index is 12.4. The second-order valence-electron chi connectivity index (χ2n) is 19.3. The number of hydrogen-bond donors (Lipinski definition) is 4. The Kier molecular flexibility index (Phi) is 13.9. The van der Waals surface area contributed by atoms with Gasteiger partial charge in [-0.2, -0.15) is 0 Å². The molecule has 0 unspecified atom stereocenters. The lowest BCUT2D eigenvalue weighted by Gasteiger charge is -2.50. The van der Waals surface area contributed by atoms with Gasteiger partial charge in [0.15, 0.2) is 17.2 Å². The molecule has 7 rings (SSSR count). The van der Waals surface area contributed by atoms with Crippen LogP contribution in [0, 0.1) is 17.8 Å². The van der Waals surface area contributed by atoms with Gasteiger partial charge in [0.25, 0.3) is 0 Å². The molecule has 0 radical (unpaired) electrons. The SMILES string of the molecule is C=C1[C@@H](O)[C@@H]2O[C@]3(CC[C@H](C=C[C@@H](C)[C@@H]4CC(C)=C[C@@]5(O[C@H](C[C@@](C)(O)C(=O)OCC)CC[C@H]5O)O4)O3)CC[C@H]2O[C@@H]1[C@@H](O)C[C@H](C)[C@H]1O[C@@]2(CCCCO2)CC[C@H]1C. The van der Waals surface area contributed by atoms with Crippen molar-refractivity contribution in [3.8, 4) is 0 Å². The van der Waals surface area contributed by atoms with Crippen LogP contribution in [0.25, 0.3) is 0 Å². The number of carbonyl (C=O) groups is 1. The Bertz CT molecular complexity index is 1540. The fourth-order valence-corrected chi connectivity index (χ4v) is 10.8. The first-order valence-corrected chi connectivity index (χ1v) is 22.6. The zero-order valence-electron chi connectivity index (χ0n) is 36.2. The predicted molar refractivity (Wildman–Crippen MR) is 217 cm³/mol. The van der Waals surface area contributed by atoms with Gasteiger partial charge >= 0.3 is 5.97 Å². The molecule has 0 aromatic rings. The number of hydrogen-bond acceptors (Lipinski definition) is 13. The van der Waals surface area contributed by atoms with E-state index in [2.05, 4.69) is 39.5 Å². The summed E-state index contributed by atoms with van der Waals surface area (Å²) in [7, 11) is 0. The minimum Gasteiger partial charge on any atom is -0.464 e. The first-order valence-electron chi connectivity index (χ1n) is 22.6. The molecule has 6 fully saturated rings. The number of aliphatic hydroxyl groups excluding tert-OH is 3. The fourth-order valence-electron chi connectivity index (χ4n) is 10.8. The zero-order valence-corrected chi connectivity index (χ0v) is 36.2. The number of carbonyl (C=O) groups excluding carboxylic acids is 1. The number of esters is 1. The van der Waals surface area contributed by atoms with E-state index in [4.69, 9.17) is 37.9 Å². The Balaban J connectivity index is 0.917. The molecule has 334 valence electrons. The molecule has 4 N–H and O–H groups in total. The van der Waals surface area contributed by atoms with Gasteiger partial charge in [-0.25, -0.2) is 4.79 Å². The molecular formula is C46H72O13. The summed E-state index contributed by atoms with van der Waals surface area (Å²) in [4.78, 5) is 12.4. The summed E-state index contributed by atoms with van der Waals surface area (Å²) in [6.07, 6.45) is 9.96. The number of rotatable bonds is 11. The monoisotopic (exact) mass is 832 g/mol. The maximum Gasteiger partial charge on any atom is 0.337 e.